The number of guanidine groups is 1. The molecule has 0 bridgehead atoms. The third-order valence-corrected chi connectivity index (χ3v) is 3.46. The molecule has 0 amide bonds. The van der Waals surface area contributed by atoms with Gasteiger partial charge in [-0.3, -0.25) is 4.99 Å². The van der Waals surface area contributed by atoms with E-state index in [9.17, 15) is 0 Å². The standard InChI is InChI=1S/C17H30N4O/c1-5-22-13-9-12-19-17(18-2)20-14-16(21(3)4)15-10-7-6-8-11-15/h6-8,10-11,16H,5,9,12-14H2,1-4H3,(H2,18,19,20). The van der Waals surface area contributed by atoms with Crippen LogP contribution in [-0.4, -0.2) is 58.3 Å². The van der Waals surface area contributed by atoms with Gasteiger partial charge in [-0.05, 0) is 33.0 Å². The average molecular weight is 306 g/mol. The van der Waals surface area contributed by atoms with Gasteiger partial charge in [-0.15, -0.1) is 0 Å². The van der Waals surface area contributed by atoms with Crippen LogP contribution in [0.5, 0.6) is 0 Å². The van der Waals surface area contributed by atoms with Gasteiger partial charge in [0, 0.05) is 33.4 Å². The lowest BCUT2D eigenvalue weighted by Crippen LogP contribution is -2.42. The van der Waals surface area contributed by atoms with E-state index in [0.29, 0.717) is 6.04 Å². The lowest BCUT2D eigenvalue weighted by Gasteiger charge is -2.26. The van der Waals surface area contributed by atoms with Crippen LogP contribution in [0.3, 0.4) is 0 Å². The molecular formula is C17H30N4O. The molecule has 0 heterocycles. The topological polar surface area (TPSA) is 48.9 Å². The van der Waals surface area contributed by atoms with Gasteiger partial charge in [0.25, 0.3) is 0 Å². The summed E-state index contributed by atoms with van der Waals surface area (Å²) in [6.45, 7) is 5.23. The first-order chi connectivity index (χ1) is 10.7. The molecule has 0 saturated carbocycles. The second-order valence-electron chi connectivity index (χ2n) is 5.32. The van der Waals surface area contributed by atoms with Gasteiger partial charge in [0.15, 0.2) is 5.96 Å². The molecule has 0 radical (unpaired) electrons. The second kappa shape index (κ2) is 11.0. The van der Waals surface area contributed by atoms with E-state index >= 15 is 0 Å². The molecule has 0 saturated heterocycles. The first kappa shape index (κ1) is 18.5. The van der Waals surface area contributed by atoms with E-state index < -0.39 is 0 Å². The van der Waals surface area contributed by atoms with E-state index in [1.54, 1.807) is 7.05 Å². The molecule has 1 aromatic rings. The summed E-state index contributed by atoms with van der Waals surface area (Å²) < 4.78 is 5.33. The molecular weight excluding hydrogens is 276 g/mol. The van der Waals surface area contributed by atoms with Crippen molar-refractivity contribution in [2.45, 2.75) is 19.4 Å². The number of ether oxygens (including phenoxy) is 1. The highest BCUT2D eigenvalue weighted by molar-refractivity contribution is 5.79. The van der Waals surface area contributed by atoms with E-state index in [4.69, 9.17) is 4.74 Å². The number of benzene rings is 1. The van der Waals surface area contributed by atoms with Crippen molar-refractivity contribution >= 4 is 5.96 Å². The number of rotatable bonds is 9. The number of aliphatic imine (C=N–C) groups is 1. The Balaban J connectivity index is 2.43. The monoisotopic (exact) mass is 306 g/mol. The molecule has 0 aromatic heterocycles. The van der Waals surface area contributed by atoms with Crippen molar-refractivity contribution in [3.05, 3.63) is 35.9 Å². The van der Waals surface area contributed by atoms with Crippen molar-refractivity contribution < 1.29 is 4.74 Å². The van der Waals surface area contributed by atoms with E-state index in [2.05, 4.69) is 58.9 Å². The highest BCUT2D eigenvalue weighted by Crippen LogP contribution is 2.16. The minimum Gasteiger partial charge on any atom is -0.382 e. The van der Waals surface area contributed by atoms with Crippen molar-refractivity contribution in [2.75, 3.05) is 47.4 Å². The molecule has 5 nitrogen and oxygen atoms in total. The number of nitrogens with one attached hydrogen (secondary N) is 2. The molecule has 5 heteroatoms. The third-order valence-electron chi connectivity index (χ3n) is 3.46. The van der Waals surface area contributed by atoms with Crippen LogP contribution in [-0.2, 0) is 4.74 Å². The minimum atomic E-state index is 0.308. The summed E-state index contributed by atoms with van der Waals surface area (Å²) in [4.78, 5) is 6.48. The molecule has 1 rings (SSSR count). The fourth-order valence-corrected chi connectivity index (χ4v) is 2.21. The zero-order valence-corrected chi connectivity index (χ0v) is 14.3. The summed E-state index contributed by atoms with van der Waals surface area (Å²) in [5.41, 5.74) is 1.30. The first-order valence-corrected chi connectivity index (χ1v) is 7.92. The lowest BCUT2D eigenvalue weighted by atomic mass is 10.1. The summed E-state index contributed by atoms with van der Waals surface area (Å²) in [6, 6.07) is 10.8. The molecule has 1 unspecified atom stereocenters. The quantitative estimate of drug-likeness (QED) is 0.415. The largest absolute Gasteiger partial charge is 0.382 e. The van der Waals surface area contributed by atoms with E-state index in [1.807, 2.05) is 13.0 Å². The molecule has 0 aliphatic heterocycles. The average Bonchev–Trinajstić information content (AvgIpc) is 2.53. The molecule has 1 aromatic carbocycles. The third kappa shape index (κ3) is 6.91. The van der Waals surface area contributed by atoms with Crippen LogP contribution in [0.4, 0.5) is 0 Å². The first-order valence-electron chi connectivity index (χ1n) is 7.92. The molecule has 2 N–H and O–H groups in total. The van der Waals surface area contributed by atoms with Crippen LogP contribution >= 0.6 is 0 Å². The summed E-state index contributed by atoms with van der Waals surface area (Å²) in [6.07, 6.45) is 0.977. The Labute approximate surface area is 134 Å². The Hall–Kier alpha value is -1.59. The number of hydrogen-bond donors (Lipinski definition) is 2. The summed E-state index contributed by atoms with van der Waals surface area (Å²) in [5, 5.41) is 6.71. The van der Waals surface area contributed by atoms with Crippen LogP contribution in [0, 0.1) is 0 Å². The molecule has 0 fully saturated rings. The highest BCUT2D eigenvalue weighted by Gasteiger charge is 2.13. The van der Waals surface area contributed by atoms with Gasteiger partial charge in [0.2, 0.25) is 0 Å². The Morgan fingerprint density at radius 1 is 1.23 bits per heavy atom. The van der Waals surface area contributed by atoms with Crippen molar-refractivity contribution in [3.8, 4) is 0 Å². The van der Waals surface area contributed by atoms with Gasteiger partial charge in [-0.2, -0.15) is 0 Å². The van der Waals surface area contributed by atoms with Crippen molar-refractivity contribution in [1.82, 2.24) is 15.5 Å². The zero-order chi connectivity index (χ0) is 16.2. The summed E-state index contributed by atoms with van der Waals surface area (Å²) >= 11 is 0. The van der Waals surface area contributed by atoms with Crippen molar-refractivity contribution in [2.24, 2.45) is 4.99 Å². The number of nitrogens with zero attached hydrogens (tertiary/aromatic N) is 2. The van der Waals surface area contributed by atoms with Crippen molar-refractivity contribution in [1.29, 1.82) is 0 Å². The number of likely N-dealkylation sites (N-methyl/N-ethyl adjacent to an activating group) is 1. The second-order valence-corrected chi connectivity index (χ2v) is 5.32. The zero-order valence-electron chi connectivity index (χ0n) is 14.3. The van der Waals surface area contributed by atoms with E-state index in [0.717, 1.165) is 38.7 Å². The summed E-state index contributed by atoms with van der Waals surface area (Å²) in [5.74, 6) is 0.833. The van der Waals surface area contributed by atoms with Gasteiger partial charge < -0.3 is 20.3 Å². The molecule has 22 heavy (non-hydrogen) atoms. The van der Waals surface area contributed by atoms with Gasteiger partial charge in [0.05, 0.1) is 6.04 Å². The Bertz CT molecular complexity index is 420. The normalized spacial score (nSPS) is 13.2. The molecule has 0 aliphatic carbocycles. The minimum absolute atomic E-state index is 0.308. The predicted molar refractivity (Wildman–Crippen MR) is 93.3 cm³/mol. The van der Waals surface area contributed by atoms with Gasteiger partial charge in [-0.25, -0.2) is 0 Å². The SMILES string of the molecule is CCOCCCNC(=NC)NCC(c1ccccc1)N(C)C. The molecule has 124 valence electrons. The summed E-state index contributed by atoms with van der Waals surface area (Å²) in [7, 11) is 5.99. The van der Waals surface area contributed by atoms with E-state index in [-0.39, 0.29) is 0 Å². The maximum absolute atomic E-state index is 5.33. The highest BCUT2D eigenvalue weighted by atomic mass is 16.5. The van der Waals surface area contributed by atoms with Crippen LogP contribution in [0.25, 0.3) is 0 Å². The van der Waals surface area contributed by atoms with Crippen LogP contribution in [0.15, 0.2) is 35.3 Å². The lowest BCUT2D eigenvalue weighted by molar-refractivity contribution is 0.145. The van der Waals surface area contributed by atoms with Crippen molar-refractivity contribution in [3.63, 3.8) is 0 Å². The van der Waals surface area contributed by atoms with Gasteiger partial charge >= 0.3 is 0 Å². The molecule has 0 aliphatic rings. The van der Waals surface area contributed by atoms with E-state index in [1.165, 1.54) is 5.56 Å². The molecule has 1 atom stereocenters. The predicted octanol–water partition coefficient (Wildman–Crippen LogP) is 1.88. The van der Waals surface area contributed by atoms with Crippen LogP contribution in [0.2, 0.25) is 0 Å². The van der Waals surface area contributed by atoms with Crippen LogP contribution < -0.4 is 10.6 Å². The molecule has 0 spiro atoms. The fourth-order valence-electron chi connectivity index (χ4n) is 2.21. The number of hydrogen-bond acceptors (Lipinski definition) is 3. The smallest absolute Gasteiger partial charge is 0.191 e. The Morgan fingerprint density at radius 2 is 1.95 bits per heavy atom. The fraction of sp³-hybridized carbons (Fsp3) is 0.588. The van der Waals surface area contributed by atoms with Crippen LogP contribution in [0.1, 0.15) is 24.9 Å². The maximum atomic E-state index is 5.33. The Morgan fingerprint density at radius 3 is 2.55 bits per heavy atom. The Kier molecular flexibility index (Phi) is 9.26. The van der Waals surface area contributed by atoms with Gasteiger partial charge in [0.1, 0.15) is 0 Å². The maximum Gasteiger partial charge on any atom is 0.191 e. The van der Waals surface area contributed by atoms with Gasteiger partial charge in [-0.1, -0.05) is 30.3 Å².